The smallest absolute Gasteiger partial charge is 0.0558 e. The maximum atomic E-state index is 8.92. The number of rotatable bonds is 3. The van der Waals surface area contributed by atoms with Gasteiger partial charge in [0.2, 0.25) is 0 Å². The highest BCUT2D eigenvalue weighted by Gasteiger charge is 2.28. The maximum absolute atomic E-state index is 8.92. The van der Waals surface area contributed by atoms with Crippen LogP contribution in [0.1, 0.15) is 25.7 Å². The van der Waals surface area contributed by atoms with Crippen LogP contribution in [0, 0.1) is 11.8 Å². The Hall–Kier alpha value is -0.120. The Balaban J connectivity index is 1.72. The second kappa shape index (κ2) is 5.99. The number of aliphatic hydroxyl groups is 1. The van der Waals surface area contributed by atoms with Crippen molar-refractivity contribution in [2.75, 3.05) is 46.4 Å². The van der Waals surface area contributed by atoms with Crippen molar-refractivity contribution in [3.63, 3.8) is 0 Å². The fraction of sp³-hybridized carbons (Fsp3) is 1.00. The molecular formula is C13H26N2O. The van der Waals surface area contributed by atoms with Crippen molar-refractivity contribution in [3.8, 4) is 0 Å². The molecule has 0 bridgehead atoms. The maximum Gasteiger partial charge on any atom is 0.0558 e. The summed E-state index contributed by atoms with van der Waals surface area (Å²) < 4.78 is 0. The Morgan fingerprint density at radius 2 is 1.44 bits per heavy atom. The van der Waals surface area contributed by atoms with E-state index >= 15 is 0 Å². The minimum absolute atomic E-state index is 0.318. The van der Waals surface area contributed by atoms with E-state index < -0.39 is 0 Å². The predicted octanol–water partition coefficient (Wildman–Crippen LogP) is 1.03. The summed E-state index contributed by atoms with van der Waals surface area (Å²) in [5.41, 5.74) is 0. The molecule has 2 heterocycles. The van der Waals surface area contributed by atoms with Gasteiger partial charge in [-0.2, -0.15) is 0 Å². The number of piperidine rings is 2. The van der Waals surface area contributed by atoms with Gasteiger partial charge in [0.05, 0.1) is 6.61 Å². The summed E-state index contributed by atoms with van der Waals surface area (Å²) in [6.45, 7) is 6.19. The van der Waals surface area contributed by atoms with Gasteiger partial charge in [-0.1, -0.05) is 0 Å². The molecule has 16 heavy (non-hydrogen) atoms. The highest BCUT2D eigenvalue weighted by molar-refractivity contribution is 4.81. The van der Waals surface area contributed by atoms with Crippen molar-refractivity contribution in [1.29, 1.82) is 0 Å². The highest BCUT2D eigenvalue weighted by Crippen LogP contribution is 2.31. The third-order valence-corrected chi connectivity index (χ3v) is 4.48. The van der Waals surface area contributed by atoms with Crippen LogP contribution in [0.5, 0.6) is 0 Å². The second-order valence-electron chi connectivity index (χ2n) is 5.54. The van der Waals surface area contributed by atoms with Crippen molar-refractivity contribution in [2.45, 2.75) is 25.7 Å². The van der Waals surface area contributed by atoms with E-state index in [1.165, 1.54) is 51.9 Å². The fourth-order valence-electron chi connectivity index (χ4n) is 3.29. The van der Waals surface area contributed by atoms with Gasteiger partial charge in [-0.05, 0) is 70.7 Å². The van der Waals surface area contributed by atoms with Crippen LogP contribution in [0.3, 0.4) is 0 Å². The summed E-state index contributed by atoms with van der Waals surface area (Å²) in [5.74, 6) is 1.94. The van der Waals surface area contributed by atoms with Gasteiger partial charge < -0.3 is 14.9 Å². The molecule has 2 aliphatic rings. The van der Waals surface area contributed by atoms with Gasteiger partial charge in [0.15, 0.2) is 0 Å². The molecule has 0 amide bonds. The Kier molecular flexibility index (Phi) is 4.62. The van der Waals surface area contributed by atoms with Gasteiger partial charge >= 0.3 is 0 Å². The average Bonchev–Trinajstić information content (AvgIpc) is 2.32. The third-order valence-electron chi connectivity index (χ3n) is 4.48. The molecule has 1 N–H and O–H groups in total. The standard InChI is InChI=1S/C13H26N2O/c1-14-6-2-12(3-7-14)13-4-8-15(9-5-13)10-11-16/h12-13,16H,2-11H2,1H3. The molecular weight excluding hydrogens is 200 g/mol. The van der Waals surface area contributed by atoms with Gasteiger partial charge in [-0.25, -0.2) is 0 Å². The first-order valence-corrected chi connectivity index (χ1v) is 6.81. The van der Waals surface area contributed by atoms with Crippen molar-refractivity contribution in [1.82, 2.24) is 9.80 Å². The van der Waals surface area contributed by atoms with Crippen LogP contribution in [0.15, 0.2) is 0 Å². The summed E-state index contributed by atoms with van der Waals surface area (Å²) >= 11 is 0. The van der Waals surface area contributed by atoms with Crippen LogP contribution in [-0.4, -0.2) is 61.3 Å². The number of β-amino-alcohol motifs (C(OH)–C–C–N with tert-alkyl or cyclic N) is 1. The molecule has 2 rings (SSSR count). The lowest BCUT2D eigenvalue weighted by atomic mass is 9.79. The molecule has 94 valence electrons. The molecule has 3 heteroatoms. The summed E-state index contributed by atoms with van der Waals surface area (Å²) in [4.78, 5) is 4.86. The molecule has 0 unspecified atom stereocenters. The van der Waals surface area contributed by atoms with Crippen LogP contribution < -0.4 is 0 Å². The van der Waals surface area contributed by atoms with E-state index in [4.69, 9.17) is 5.11 Å². The molecule has 0 saturated carbocycles. The number of hydrogen-bond donors (Lipinski definition) is 1. The summed E-state index contributed by atoms with van der Waals surface area (Å²) in [7, 11) is 2.24. The van der Waals surface area contributed by atoms with Crippen molar-refractivity contribution in [2.24, 2.45) is 11.8 Å². The van der Waals surface area contributed by atoms with E-state index in [0.29, 0.717) is 6.61 Å². The van der Waals surface area contributed by atoms with E-state index in [9.17, 15) is 0 Å². The van der Waals surface area contributed by atoms with E-state index in [1.54, 1.807) is 0 Å². The lowest BCUT2D eigenvalue weighted by molar-refractivity contribution is 0.0946. The van der Waals surface area contributed by atoms with Crippen molar-refractivity contribution >= 4 is 0 Å². The first-order valence-electron chi connectivity index (χ1n) is 6.81. The van der Waals surface area contributed by atoms with Crippen LogP contribution in [0.4, 0.5) is 0 Å². The van der Waals surface area contributed by atoms with E-state index in [0.717, 1.165) is 18.4 Å². The van der Waals surface area contributed by atoms with Gasteiger partial charge in [-0.3, -0.25) is 0 Å². The molecule has 0 atom stereocenters. The summed E-state index contributed by atoms with van der Waals surface area (Å²) in [6.07, 6.45) is 5.52. The fourth-order valence-corrected chi connectivity index (χ4v) is 3.29. The van der Waals surface area contributed by atoms with E-state index in [1.807, 2.05) is 0 Å². The molecule has 0 radical (unpaired) electrons. The van der Waals surface area contributed by atoms with Gasteiger partial charge in [0, 0.05) is 6.54 Å². The SMILES string of the molecule is CN1CCC(C2CCN(CCO)CC2)CC1. The molecule has 2 fully saturated rings. The van der Waals surface area contributed by atoms with Crippen LogP contribution in [-0.2, 0) is 0 Å². The minimum Gasteiger partial charge on any atom is -0.395 e. The van der Waals surface area contributed by atoms with Gasteiger partial charge in [0.25, 0.3) is 0 Å². The Bertz CT molecular complexity index is 194. The van der Waals surface area contributed by atoms with E-state index in [-0.39, 0.29) is 0 Å². The molecule has 0 aromatic heterocycles. The lowest BCUT2D eigenvalue weighted by Gasteiger charge is -2.39. The first-order chi connectivity index (χ1) is 7.79. The first kappa shape index (κ1) is 12.3. The van der Waals surface area contributed by atoms with Crippen molar-refractivity contribution < 1.29 is 5.11 Å². The monoisotopic (exact) mass is 226 g/mol. The zero-order valence-electron chi connectivity index (χ0n) is 10.6. The van der Waals surface area contributed by atoms with Gasteiger partial charge in [-0.15, -0.1) is 0 Å². The quantitative estimate of drug-likeness (QED) is 0.779. The zero-order chi connectivity index (χ0) is 11.4. The molecule has 0 aromatic rings. The molecule has 0 aromatic carbocycles. The Morgan fingerprint density at radius 3 is 1.94 bits per heavy atom. The summed E-state index contributed by atoms with van der Waals surface area (Å²) in [5, 5.41) is 8.92. The summed E-state index contributed by atoms with van der Waals surface area (Å²) in [6, 6.07) is 0. The molecule has 2 aliphatic heterocycles. The molecule has 0 spiro atoms. The largest absolute Gasteiger partial charge is 0.395 e. The predicted molar refractivity (Wildman–Crippen MR) is 66.5 cm³/mol. The highest BCUT2D eigenvalue weighted by atomic mass is 16.3. The van der Waals surface area contributed by atoms with Crippen LogP contribution in [0.2, 0.25) is 0 Å². The van der Waals surface area contributed by atoms with Crippen LogP contribution >= 0.6 is 0 Å². The van der Waals surface area contributed by atoms with Crippen molar-refractivity contribution in [3.05, 3.63) is 0 Å². The molecule has 2 saturated heterocycles. The number of hydrogen-bond acceptors (Lipinski definition) is 3. The third kappa shape index (κ3) is 3.19. The van der Waals surface area contributed by atoms with Gasteiger partial charge in [0.1, 0.15) is 0 Å². The lowest BCUT2D eigenvalue weighted by Crippen LogP contribution is -2.40. The Morgan fingerprint density at radius 1 is 0.938 bits per heavy atom. The topological polar surface area (TPSA) is 26.7 Å². The van der Waals surface area contributed by atoms with E-state index in [2.05, 4.69) is 16.8 Å². The minimum atomic E-state index is 0.318. The molecule has 0 aliphatic carbocycles. The van der Waals surface area contributed by atoms with Crippen LogP contribution in [0.25, 0.3) is 0 Å². The molecule has 3 nitrogen and oxygen atoms in total. The second-order valence-corrected chi connectivity index (χ2v) is 5.54. The average molecular weight is 226 g/mol. The zero-order valence-corrected chi connectivity index (χ0v) is 10.6. The number of aliphatic hydroxyl groups excluding tert-OH is 1. The number of nitrogens with zero attached hydrogens (tertiary/aromatic N) is 2. The number of likely N-dealkylation sites (tertiary alicyclic amines) is 2. The normalized spacial score (nSPS) is 27.4. The Labute approximate surface area is 99.4 Å².